The maximum absolute atomic E-state index is 13.6. The van der Waals surface area contributed by atoms with E-state index < -0.39 is 11.6 Å². The van der Waals surface area contributed by atoms with Crippen molar-refractivity contribution >= 4 is 11.6 Å². The summed E-state index contributed by atoms with van der Waals surface area (Å²) in [6.45, 7) is 0.481. The quantitative estimate of drug-likeness (QED) is 0.931. The highest BCUT2D eigenvalue weighted by molar-refractivity contribution is 6.30. The van der Waals surface area contributed by atoms with Gasteiger partial charge in [-0.05, 0) is 29.8 Å². The first-order chi connectivity index (χ1) is 9.60. The number of nitrogens with one attached hydrogen (secondary N) is 1. The van der Waals surface area contributed by atoms with E-state index in [1.54, 1.807) is 18.2 Å². The topological polar surface area (TPSA) is 35.8 Å². The Labute approximate surface area is 120 Å². The molecule has 0 spiro atoms. The van der Waals surface area contributed by atoms with Gasteiger partial charge in [-0.1, -0.05) is 23.7 Å². The Hall–Kier alpha value is -1.96. The number of halogens is 3. The average Bonchev–Trinajstić information content (AvgIpc) is 2.41. The number of benzene rings is 2. The maximum Gasteiger partial charge on any atom is 0.131 e. The maximum atomic E-state index is 13.6. The molecule has 0 aliphatic carbocycles. The van der Waals surface area contributed by atoms with Crippen LogP contribution in [0.15, 0.2) is 36.4 Å². The van der Waals surface area contributed by atoms with E-state index in [4.69, 9.17) is 16.9 Å². The molecule has 0 aromatic heterocycles. The first-order valence-corrected chi connectivity index (χ1v) is 6.31. The van der Waals surface area contributed by atoms with Crippen molar-refractivity contribution in [2.75, 3.05) is 0 Å². The van der Waals surface area contributed by atoms with Crippen molar-refractivity contribution in [3.8, 4) is 6.07 Å². The van der Waals surface area contributed by atoms with Gasteiger partial charge in [-0.15, -0.1) is 0 Å². The first-order valence-electron chi connectivity index (χ1n) is 5.93. The highest BCUT2D eigenvalue weighted by Gasteiger charge is 2.10. The van der Waals surface area contributed by atoms with Crippen molar-refractivity contribution in [3.05, 3.63) is 69.7 Å². The molecule has 1 N–H and O–H groups in total. The largest absolute Gasteiger partial charge is 0.308 e. The smallest absolute Gasteiger partial charge is 0.131 e. The monoisotopic (exact) mass is 292 g/mol. The lowest BCUT2D eigenvalue weighted by molar-refractivity contribution is 0.535. The minimum absolute atomic E-state index is 0.0291. The van der Waals surface area contributed by atoms with E-state index in [-0.39, 0.29) is 17.7 Å². The van der Waals surface area contributed by atoms with Gasteiger partial charge in [-0.25, -0.2) is 8.78 Å². The fourth-order valence-corrected chi connectivity index (χ4v) is 2.03. The summed E-state index contributed by atoms with van der Waals surface area (Å²) in [7, 11) is 0. The zero-order chi connectivity index (χ0) is 14.5. The number of hydrogen-bond acceptors (Lipinski definition) is 2. The molecular formula is C15H11ClF2N2. The van der Waals surface area contributed by atoms with Crippen LogP contribution in [0.1, 0.15) is 16.7 Å². The van der Waals surface area contributed by atoms with Gasteiger partial charge in [0.25, 0.3) is 0 Å². The fourth-order valence-electron chi connectivity index (χ4n) is 1.82. The molecule has 0 bridgehead atoms. The summed E-state index contributed by atoms with van der Waals surface area (Å²) in [6.07, 6.45) is 0. The molecule has 0 aliphatic heterocycles. The summed E-state index contributed by atoms with van der Waals surface area (Å²) in [6, 6.07) is 11.0. The van der Waals surface area contributed by atoms with E-state index >= 15 is 0 Å². The first kappa shape index (κ1) is 14.4. The SMILES string of the molecule is N#Cc1cc(F)c(CNCc2cccc(Cl)c2)c(F)c1. The molecule has 0 saturated heterocycles. The highest BCUT2D eigenvalue weighted by Crippen LogP contribution is 2.15. The van der Waals surface area contributed by atoms with Crippen LogP contribution in [-0.2, 0) is 13.1 Å². The zero-order valence-corrected chi connectivity index (χ0v) is 11.2. The average molecular weight is 293 g/mol. The van der Waals surface area contributed by atoms with Crippen LogP contribution < -0.4 is 5.32 Å². The fraction of sp³-hybridized carbons (Fsp3) is 0.133. The van der Waals surface area contributed by atoms with Gasteiger partial charge in [0.05, 0.1) is 11.6 Å². The Bertz CT molecular complexity index is 642. The second-order valence-corrected chi connectivity index (χ2v) is 4.70. The lowest BCUT2D eigenvalue weighted by atomic mass is 10.1. The Morgan fingerprint density at radius 2 is 1.80 bits per heavy atom. The van der Waals surface area contributed by atoms with Crippen molar-refractivity contribution in [3.63, 3.8) is 0 Å². The van der Waals surface area contributed by atoms with E-state index in [1.807, 2.05) is 12.1 Å². The molecule has 0 aliphatic rings. The molecule has 0 amide bonds. The van der Waals surface area contributed by atoms with Gasteiger partial charge >= 0.3 is 0 Å². The van der Waals surface area contributed by atoms with E-state index in [9.17, 15) is 8.78 Å². The molecule has 0 atom stereocenters. The minimum Gasteiger partial charge on any atom is -0.308 e. The van der Waals surface area contributed by atoms with E-state index in [1.165, 1.54) is 0 Å². The van der Waals surface area contributed by atoms with Gasteiger partial charge in [0, 0.05) is 23.7 Å². The lowest BCUT2D eigenvalue weighted by Crippen LogP contribution is -2.15. The number of rotatable bonds is 4. The summed E-state index contributed by atoms with van der Waals surface area (Å²) < 4.78 is 27.3. The molecule has 2 aromatic rings. The van der Waals surface area contributed by atoms with Crippen molar-refractivity contribution in [1.82, 2.24) is 5.32 Å². The highest BCUT2D eigenvalue weighted by atomic mass is 35.5. The summed E-state index contributed by atoms with van der Waals surface area (Å²) in [5, 5.41) is 12.2. The van der Waals surface area contributed by atoms with Gasteiger partial charge < -0.3 is 5.32 Å². The predicted molar refractivity (Wildman–Crippen MR) is 73.1 cm³/mol. The summed E-state index contributed by atoms with van der Waals surface area (Å²) in [4.78, 5) is 0. The molecule has 0 radical (unpaired) electrons. The molecule has 0 fully saturated rings. The van der Waals surface area contributed by atoms with Gasteiger partial charge in [0.15, 0.2) is 0 Å². The standard InChI is InChI=1S/C15H11ClF2N2/c16-12-3-1-2-10(4-12)8-20-9-13-14(17)5-11(7-19)6-15(13)18/h1-6,20H,8-9H2. The molecular weight excluding hydrogens is 282 g/mol. The van der Waals surface area contributed by atoms with Gasteiger partial charge in [-0.2, -0.15) is 5.26 Å². The van der Waals surface area contributed by atoms with E-state index in [2.05, 4.69) is 5.32 Å². The second kappa shape index (κ2) is 6.47. The zero-order valence-electron chi connectivity index (χ0n) is 10.5. The van der Waals surface area contributed by atoms with Gasteiger partial charge in [-0.3, -0.25) is 0 Å². The Balaban J connectivity index is 2.03. The van der Waals surface area contributed by atoms with Crippen LogP contribution in [0.25, 0.3) is 0 Å². The van der Waals surface area contributed by atoms with Crippen LogP contribution in [0.2, 0.25) is 5.02 Å². The molecule has 0 heterocycles. The van der Waals surface area contributed by atoms with Crippen molar-refractivity contribution in [2.45, 2.75) is 13.1 Å². The van der Waals surface area contributed by atoms with Crippen LogP contribution in [0.5, 0.6) is 0 Å². The second-order valence-electron chi connectivity index (χ2n) is 4.26. The summed E-state index contributed by atoms with van der Waals surface area (Å²) >= 11 is 5.85. The van der Waals surface area contributed by atoms with Crippen molar-refractivity contribution in [2.24, 2.45) is 0 Å². The predicted octanol–water partition coefficient (Wildman–Crippen LogP) is 3.78. The van der Waals surface area contributed by atoms with Crippen LogP contribution >= 0.6 is 11.6 Å². The third-order valence-electron chi connectivity index (χ3n) is 2.79. The van der Waals surface area contributed by atoms with Crippen LogP contribution in [-0.4, -0.2) is 0 Å². The lowest BCUT2D eigenvalue weighted by Gasteiger charge is -2.08. The summed E-state index contributed by atoms with van der Waals surface area (Å²) in [5.41, 5.74) is 0.816. The van der Waals surface area contributed by atoms with Crippen molar-refractivity contribution in [1.29, 1.82) is 5.26 Å². The molecule has 0 unspecified atom stereocenters. The number of nitriles is 1. The molecule has 2 rings (SSSR count). The van der Waals surface area contributed by atoms with Gasteiger partial charge in [0.1, 0.15) is 11.6 Å². The van der Waals surface area contributed by atoms with Crippen LogP contribution in [0, 0.1) is 23.0 Å². The molecule has 5 heteroatoms. The normalized spacial score (nSPS) is 10.3. The van der Waals surface area contributed by atoms with Crippen LogP contribution in [0.3, 0.4) is 0 Å². The van der Waals surface area contributed by atoms with Crippen LogP contribution in [0.4, 0.5) is 8.78 Å². The Morgan fingerprint density at radius 1 is 1.10 bits per heavy atom. The molecule has 0 saturated carbocycles. The minimum atomic E-state index is -0.722. The summed E-state index contributed by atoms with van der Waals surface area (Å²) in [5.74, 6) is -1.44. The third-order valence-corrected chi connectivity index (χ3v) is 3.03. The Morgan fingerprint density at radius 3 is 2.40 bits per heavy atom. The Kier molecular flexibility index (Phi) is 4.67. The van der Waals surface area contributed by atoms with E-state index in [0.717, 1.165) is 17.7 Å². The van der Waals surface area contributed by atoms with E-state index in [0.29, 0.717) is 11.6 Å². The molecule has 102 valence electrons. The third kappa shape index (κ3) is 3.53. The molecule has 2 aromatic carbocycles. The molecule has 2 nitrogen and oxygen atoms in total. The number of hydrogen-bond donors (Lipinski definition) is 1. The molecule has 20 heavy (non-hydrogen) atoms. The van der Waals surface area contributed by atoms with Gasteiger partial charge in [0.2, 0.25) is 0 Å². The van der Waals surface area contributed by atoms with Crippen molar-refractivity contribution < 1.29 is 8.78 Å². The number of nitrogens with zero attached hydrogens (tertiary/aromatic N) is 1.